The largest absolute Gasteiger partial charge is 0.486 e. The fourth-order valence-corrected chi connectivity index (χ4v) is 5.19. The van der Waals surface area contributed by atoms with Crippen molar-refractivity contribution in [1.29, 1.82) is 0 Å². The molecule has 3 heterocycles. The lowest BCUT2D eigenvalue weighted by molar-refractivity contribution is 0.111. The maximum absolute atomic E-state index is 5.91. The van der Waals surface area contributed by atoms with Crippen LogP contribution in [0.4, 0.5) is 0 Å². The number of rotatable bonds is 2. The number of hydrogen-bond acceptors (Lipinski definition) is 6. The van der Waals surface area contributed by atoms with Gasteiger partial charge in [-0.15, -0.1) is 0 Å². The molecule has 0 radical (unpaired) electrons. The van der Waals surface area contributed by atoms with Crippen molar-refractivity contribution in [3.05, 3.63) is 35.0 Å². The maximum Gasteiger partial charge on any atom is 0.240 e. The molecule has 5 rings (SSSR count). The maximum atomic E-state index is 5.91. The van der Waals surface area contributed by atoms with Gasteiger partial charge in [0.25, 0.3) is 0 Å². The van der Waals surface area contributed by atoms with Crippen molar-refractivity contribution in [3.8, 4) is 11.5 Å². The van der Waals surface area contributed by atoms with Gasteiger partial charge in [0, 0.05) is 23.4 Å². The molecule has 1 aromatic carbocycles. The second kappa shape index (κ2) is 6.73. The summed E-state index contributed by atoms with van der Waals surface area (Å²) in [6.45, 7) is 11.6. The number of nitrogens with zero attached hydrogens (tertiary/aromatic N) is 3. The Bertz CT molecular complexity index is 909. The molecule has 156 valence electrons. The molecular formula is C23H31N3O3. The summed E-state index contributed by atoms with van der Waals surface area (Å²) in [6.07, 6.45) is 5.01. The smallest absolute Gasteiger partial charge is 0.240 e. The predicted molar refractivity (Wildman–Crippen MR) is 109 cm³/mol. The molecule has 1 saturated carbocycles. The van der Waals surface area contributed by atoms with Gasteiger partial charge in [0.05, 0.1) is 6.54 Å². The molecule has 2 aliphatic heterocycles. The van der Waals surface area contributed by atoms with E-state index in [9.17, 15) is 0 Å². The van der Waals surface area contributed by atoms with Crippen LogP contribution in [0.25, 0.3) is 0 Å². The van der Waals surface area contributed by atoms with E-state index in [2.05, 4.69) is 54.9 Å². The number of hydrogen-bond donors (Lipinski definition) is 0. The van der Waals surface area contributed by atoms with Crippen LogP contribution < -0.4 is 9.47 Å². The van der Waals surface area contributed by atoms with Crippen molar-refractivity contribution in [1.82, 2.24) is 15.0 Å². The molecule has 1 aliphatic carbocycles. The van der Waals surface area contributed by atoms with Crippen molar-refractivity contribution in [2.45, 2.75) is 76.8 Å². The normalized spacial score (nSPS) is 23.4. The van der Waals surface area contributed by atoms with Gasteiger partial charge in [-0.25, -0.2) is 0 Å². The Morgan fingerprint density at radius 1 is 1.10 bits per heavy atom. The molecule has 1 atom stereocenters. The monoisotopic (exact) mass is 397 g/mol. The Hall–Kier alpha value is -2.08. The summed E-state index contributed by atoms with van der Waals surface area (Å²) < 4.78 is 17.4. The minimum Gasteiger partial charge on any atom is -0.486 e. The van der Waals surface area contributed by atoms with Crippen LogP contribution in [0.2, 0.25) is 0 Å². The van der Waals surface area contributed by atoms with E-state index < -0.39 is 0 Å². The predicted octanol–water partition coefficient (Wildman–Crippen LogP) is 4.53. The Kier molecular flexibility index (Phi) is 4.39. The third-order valence-corrected chi connectivity index (χ3v) is 6.83. The molecule has 3 aliphatic rings. The molecule has 0 N–H and O–H groups in total. The first kappa shape index (κ1) is 18.9. The molecule has 6 heteroatoms. The number of benzene rings is 1. The van der Waals surface area contributed by atoms with E-state index in [4.69, 9.17) is 14.0 Å². The van der Waals surface area contributed by atoms with Crippen LogP contribution in [0, 0.1) is 0 Å². The standard InChI is InChI=1S/C23H31N3O3/c1-15-16-11-18-19(28-10-9-27-18)12-17(16)23(7-5-6-8-23)14-26(15)13-20-24-21(25-29-20)22(2,3)4/h11-12,15H,5-10,13-14H2,1-4H3/t15-/m0/s1. The van der Waals surface area contributed by atoms with Crippen LogP contribution in [0.15, 0.2) is 16.7 Å². The van der Waals surface area contributed by atoms with Crippen molar-refractivity contribution in [2.24, 2.45) is 0 Å². The molecule has 0 amide bonds. The highest BCUT2D eigenvalue weighted by Crippen LogP contribution is 2.52. The summed E-state index contributed by atoms with van der Waals surface area (Å²) in [5, 5.41) is 4.22. The SMILES string of the molecule is C[C@H]1c2cc3c(cc2C2(CCCC2)CN1Cc1nc(C(C)(C)C)no1)OCCO3. The number of aromatic nitrogens is 2. The van der Waals surface area contributed by atoms with Crippen LogP contribution in [0.3, 0.4) is 0 Å². The first-order chi connectivity index (χ1) is 13.9. The van der Waals surface area contributed by atoms with E-state index in [1.54, 1.807) is 0 Å². The second-order valence-electron chi connectivity index (χ2n) is 9.91. The van der Waals surface area contributed by atoms with Gasteiger partial charge < -0.3 is 14.0 Å². The van der Waals surface area contributed by atoms with Gasteiger partial charge in [0.1, 0.15) is 13.2 Å². The zero-order chi connectivity index (χ0) is 20.2. The molecule has 1 spiro atoms. The van der Waals surface area contributed by atoms with Crippen molar-refractivity contribution in [2.75, 3.05) is 19.8 Å². The Labute approximate surface area is 172 Å². The Balaban J connectivity index is 1.50. The second-order valence-corrected chi connectivity index (χ2v) is 9.91. The Morgan fingerprint density at radius 3 is 2.45 bits per heavy atom. The number of fused-ring (bicyclic) bond motifs is 3. The highest BCUT2D eigenvalue weighted by Gasteiger charge is 2.45. The van der Waals surface area contributed by atoms with Gasteiger partial charge >= 0.3 is 0 Å². The van der Waals surface area contributed by atoms with Gasteiger partial charge in [-0.1, -0.05) is 38.8 Å². The summed E-state index contributed by atoms with van der Waals surface area (Å²) in [7, 11) is 0. The minimum atomic E-state index is -0.106. The summed E-state index contributed by atoms with van der Waals surface area (Å²) in [5.41, 5.74) is 2.90. The van der Waals surface area contributed by atoms with Crippen molar-refractivity contribution >= 4 is 0 Å². The fraction of sp³-hybridized carbons (Fsp3) is 0.652. The lowest BCUT2D eigenvalue weighted by Gasteiger charge is -2.46. The van der Waals surface area contributed by atoms with Crippen LogP contribution in [-0.2, 0) is 17.4 Å². The van der Waals surface area contributed by atoms with Crippen molar-refractivity contribution < 1.29 is 14.0 Å². The fourth-order valence-electron chi connectivity index (χ4n) is 5.19. The van der Waals surface area contributed by atoms with Crippen molar-refractivity contribution in [3.63, 3.8) is 0 Å². The Morgan fingerprint density at radius 2 is 1.79 bits per heavy atom. The van der Waals surface area contributed by atoms with E-state index in [1.165, 1.54) is 36.8 Å². The minimum absolute atomic E-state index is 0.106. The van der Waals surface area contributed by atoms with Gasteiger partial charge in [0.15, 0.2) is 17.3 Å². The van der Waals surface area contributed by atoms with Gasteiger partial charge in [-0.05, 0) is 43.0 Å². The van der Waals surface area contributed by atoms with Crippen LogP contribution in [-0.4, -0.2) is 34.8 Å². The molecule has 6 nitrogen and oxygen atoms in total. The number of ether oxygens (including phenoxy) is 2. The van der Waals surface area contributed by atoms with E-state index in [0.717, 1.165) is 23.9 Å². The average molecular weight is 398 g/mol. The molecular weight excluding hydrogens is 366 g/mol. The van der Waals surface area contributed by atoms with E-state index in [1.807, 2.05) is 0 Å². The van der Waals surface area contributed by atoms with Crippen LogP contribution >= 0.6 is 0 Å². The van der Waals surface area contributed by atoms with Crippen LogP contribution in [0.5, 0.6) is 11.5 Å². The highest BCUT2D eigenvalue weighted by molar-refractivity contribution is 5.53. The summed E-state index contributed by atoms with van der Waals surface area (Å²) in [4.78, 5) is 7.19. The van der Waals surface area contributed by atoms with E-state index in [0.29, 0.717) is 25.6 Å². The molecule has 0 bridgehead atoms. The average Bonchev–Trinajstić information content (AvgIpc) is 3.35. The van der Waals surface area contributed by atoms with Gasteiger partial charge in [0.2, 0.25) is 5.89 Å². The zero-order valence-electron chi connectivity index (χ0n) is 18.0. The third-order valence-electron chi connectivity index (χ3n) is 6.83. The zero-order valence-corrected chi connectivity index (χ0v) is 18.0. The van der Waals surface area contributed by atoms with Gasteiger partial charge in [-0.2, -0.15) is 4.98 Å². The first-order valence-electron chi connectivity index (χ1n) is 10.9. The molecule has 0 unspecified atom stereocenters. The quantitative estimate of drug-likeness (QED) is 0.742. The van der Waals surface area contributed by atoms with E-state index >= 15 is 0 Å². The molecule has 2 aromatic rings. The van der Waals surface area contributed by atoms with Crippen LogP contribution in [0.1, 0.15) is 82.3 Å². The molecule has 1 fully saturated rings. The third kappa shape index (κ3) is 3.21. The molecule has 29 heavy (non-hydrogen) atoms. The first-order valence-corrected chi connectivity index (χ1v) is 10.9. The summed E-state index contributed by atoms with van der Waals surface area (Å²) >= 11 is 0. The van der Waals surface area contributed by atoms with E-state index in [-0.39, 0.29) is 16.9 Å². The topological polar surface area (TPSA) is 60.6 Å². The lowest BCUT2D eigenvalue weighted by atomic mass is 9.71. The van der Waals surface area contributed by atoms with Gasteiger partial charge in [-0.3, -0.25) is 4.90 Å². The molecule has 0 saturated heterocycles. The molecule has 1 aromatic heterocycles. The lowest BCUT2D eigenvalue weighted by Crippen LogP contribution is -2.45. The summed E-state index contributed by atoms with van der Waals surface area (Å²) in [6, 6.07) is 4.75. The highest BCUT2D eigenvalue weighted by atomic mass is 16.6. The summed E-state index contributed by atoms with van der Waals surface area (Å²) in [5.74, 6) is 3.27.